The molecule has 0 spiro atoms. The Bertz CT molecular complexity index is 3630. The number of ether oxygens (including phenoxy) is 1. The maximum atomic E-state index is 11.3. The normalized spacial score (nSPS) is 17.6. The molecule has 2 saturated heterocycles. The molecule has 1 amide bonds. The van der Waals surface area contributed by atoms with Gasteiger partial charge in [0.1, 0.15) is 34.3 Å². The van der Waals surface area contributed by atoms with Crippen LogP contribution in [0.1, 0.15) is 5.56 Å². The van der Waals surface area contributed by atoms with E-state index in [1.165, 1.54) is 0 Å². The van der Waals surface area contributed by atoms with Crippen molar-refractivity contribution >= 4 is 67.6 Å². The third-order valence-corrected chi connectivity index (χ3v) is 14.2. The summed E-state index contributed by atoms with van der Waals surface area (Å²) in [5.41, 5.74) is 10.6. The van der Waals surface area contributed by atoms with E-state index in [4.69, 9.17) is 24.9 Å². The predicted molar refractivity (Wildman–Crippen MR) is 269 cm³/mol. The molecule has 0 bridgehead atoms. The SMILES string of the molecule is COc1cccc2c(-c3cccc4nn(C)cc34)nn(-c3ccc(N4CC5C(C4)C5C(=O)O)nc3)c12.Cc1cccc2c(-c3cccc4nn(C)cc34)nn(-c3ccc(N4CCN(C=O)CC4)nc3)c12. The molecule has 1 aliphatic carbocycles. The largest absolute Gasteiger partial charge is 0.494 e. The summed E-state index contributed by atoms with van der Waals surface area (Å²) < 4.78 is 13.3. The summed E-state index contributed by atoms with van der Waals surface area (Å²) in [7, 11) is 5.52. The number of carbonyl (C=O) groups is 2. The number of carboxylic acid groups (broad SMARTS) is 1. The zero-order valence-corrected chi connectivity index (χ0v) is 39.1. The van der Waals surface area contributed by atoms with Gasteiger partial charge in [0.05, 0.1) is 53.3 Å². The number of piperidine rings is 1. The maximum Gasteiger partial charge on any atom is 0.307 e. The molecule has 1 N–H and O–H groups in total. The number of anilines is 2. The van der Waals surface area contributed by atoms with E-state index < -0.39 is 5.97 Å². The summed E-state index contributed by atoms with van der Waals surface area (Å²) in [4.78, 5) is 38.0. The highest BCUT2D eigenvalue weighted by Crippen LogP contribution is 2.52. The van der Waals surface area contributed by atoms with Crippen LogP contribution in [0.2, 0.25) is 0 Å². The second kappa shape index (κ2) is 16.9. The lowest BCUT2D eigenvalue weighted by molar-refractivity contribution is -0.139. The number of rotatable bonds is 9. The van der Waals surface area contributed by atoms with Crippen LogP contribution in [0.4, 0.5) is 11.6 Å². The van der Waals surface area contributed by atoms with Crippen molar-refractivity contribution in [2.45, 2.75) is 6.92 Å². The second-order valence-corrected chi connectivity index (χ2v) is 18.4. The third-order valence-electron chi connectivity index (χ3n) is 14.2. The van der Waals surface area contributed by atoms with Gasteiger partial charge in [0.15, 0.2) is 0 Å². The van der Waals surface area contributed by atoms with Gasteiger partial charge >= 0.3 is 5.97 Å². The minimum Gasteiger partial charge on any atom is -0.494 e. The van der Waals surface area contributed by atoms with E-state index in [1.807, 2.05) is 112 Å². The van der Waals surface area contributed by atoms with Gasteiger partial charge in [0.2, 0.25) is 6.41 Å². The number of aliphatic carboxylic acids is 1. The van der Waals surface area contributed by atoms with Crippen molar-refractivity contribution in [1.29, 1.82) is 0 Å². The summed E-state index contributed by atoms with van der Waals surface area (Å²) in [5.74, 6) is 2.12. The Morgan fingerprint density at radius 1 is 0.629 bits per heavy atom. The molecule has 350 valence electrons. The van der Waals surface area contributed by atoms with E-state index in [9.17, 15) is 14.7 Å². The van der Waals surface area contributed by atoms with E-state index in [1.54, 1.807) is 12.0 Å². The molecule has 8 heterocycles. The molecule has 13 rings (SSSR count). The van der Waals surface area contributed by atoms with Crippen LogP contribution in [-0.2, 0) is 23.7 Å². The van der Waals surface area contributed by atoms with Gasteiger partial charge in [-0.3, -0.25) is 19.0 Å². The van der Waals surface area contributed by atoms with Crippen molar-refractivity contribution < 1.29 is 19.4 Å². The summed E-state index contributed by atoms with van der Waals surface area (Å²) in [6, 6.07) is 32.6. The van der Waals surface area contributed by atoms with Crippen LogP contribution in [-0.4, -0.2) is 118 Å². The molecule has 17 nitrogen and oxygen atoms in total. The van der Waals surface area contributed by atoms with Crippen LogP contribution < -0.4 is 14.5 Å². The van der Waals surface area contributed by atoms with Crippen molar-refractivity contribution in [2.75, 3.05) is 56.2 Å². The van der Waals surface area contributed by atoms with Gasteiger partial charge in [-0.05, 0) is 66.8 Å². The van der Waals surface area contributed by atoms with E-state index >= 15 is 0 Å². The maximum absolute atomic E-state index is 11.3. The molecule has 70 heavy (non-hydrogen) atoms. The molecule has 2 unspecified atom stereocenters. The summed E-state index contributed by atoms with van der Waals surface area (Å²) in [5, 5.41) is 32.8. The Kier molecular flexibility index (Phi) is 10.3. The fourth-order valence-corrected chi connectivity index (χ4v) is 10.7. The Morgan fingerprint density at radius 3 is 1.69 bits per heavy atom. The number of aryl methyl sites for hydroxylation is 3. The molecule has 4 aromatic carbocycles. The van der Waals surface area contributed by atoms with Crippen LogP contribution in [0.25, 0.3) is 77.5 Å². The number of nitrogens with zero attached hydrogens (tertiary/aromatic N) is 13. The average Bonchev–Trinajstić information content (AvgIpc) is 4.02. The first-order valence-electron chi connectivity index (χ1n) is 23.4. The summed E-state index contributed by atoms with van der Waals surface area (Å²) in [6.45, 7) is 6.61. The Balaban J connectivity index is 0.000000144. The highest BCUT2D eigenvalue weighted by molar-refractivity contribution is 6.05. The van der Waals surface area contributed by atoms with Crippen molar-refractivity contribution in [3.8, 4) is 39.6 Å². The molecule has 0 radical (unpaired) electrons. The highest BCUT2D eigenvalue weighted by atomic mass is 16.5. The molecule has 2 atom stereocenters. The molecule has 6 aromatic heterocycles. The van der Waals surface area contributed by atoms with Gasteiger partial charge in [-0.2, -0.15) is 20.4 Å². The van der Waals surface area contributed by atoms with Crippen LogP contribution in [0.5, 0.6) is 5.75 Å². The summed E-state index contributed by atoms with van der Waals surface area (Å²) in [6.07, 6.45) is 8.69. The van der Waals surface area contributed by atoms with E-state index in [-0.39, 0.29) is 17.8 Å². The van der Waals surface area contributed by atoms with E-state index in [2.05, 4.69) is 69.4 Å². The molecule has 1 saturated carbocycles. The molecule has 10 aromatic rings. The molecular weight excluding hydrogens is 883 g/mol. The number of hydrogen-bond donors (Lipinski definition) is 1. The molecule has 17 heteroatoms. The number of methoxy groups -OCH3 is 1. The van der Waals surface area contributed by atoms with Gasteiger partial charge in [0, 0.05) is 98.4 Å². The Labute approximate surface area is 401 Å². The first-order valence-corrected chi connectivity index (χ1v) is 23.4. The predicted octanol–water partition coefficient (Wildman–Crippen LogP) is 7.31. The Morgan fingerprint density at radius 2 is 1.16 bits per heavy atom. The van der Waals surface area contributed by atoms with Crippen LogP contribution in [0, 0.1) is 24.7 Å². The molecule has 3 aliphatic rings. The van der Waals surface area contributed by atoms with Gasteiger partial charge in [-0.25, -0.2) is 19.3 Å². The van der Waals surface area contributed by atoms with Gasteiger partial charge < -0.3 is 24.5 Å². The van der Waals surface area contributed by atoms with Crippen LogP contribution in [0.15, 0.2) is 122 Å². The lowest BCUT2D eigenvalue weighted by atomic mass is 10.0. The van der Waals surface area contributed by atoms with Crippen molar-refractivity contribution in [3.63, 3.8) is 0 Å². The van der Waals surface area contributed by atoms with Gasteiger partial charge in [-0.15, -0.1) is 0 Å². The Hall–Kier alpha value is -8.60. The number of fused-ring (bicyclic) bond motifs is 5. The highest BCUT2D eigenvalue weighted by Gasteiger charge is 2.60. The zero-order chi connectivity index (χ0) is 47.8. The number of carbonyl (C=O) groups excluding carboxylic acids is 1. The second-order valence-electron chi connectivity index (χ2n) is 18.4. The van der Waals surface area contributed by atoms with Crippen molar-refractivity contribution in [2.24, 2.45) is 31.8 Å². The molecule has 2 aliphatic heterocycles. The number of para-hydroxylation sites is 2. The quantitative estimate of drug-likeness (QED) is 0.144. The lowest BCUT2D eigenvalue weighted by Gasteiger charge is -2.33. The van der Waals surface area contributed by atoms with Crippen molar-refractivity contribution in [3.05, 3.63) is 127 Å². The number of aromatic nitrogens is 10. The zero-order valence-electron chi connectivity index (χ0n) is 39.1. The fraction of sp³-hybridized carbons (Fsp3) is 0.245. The molecule has 3 fully saturated rings. The van der Waals surface area contributed by atoms with E-state index in [0.717, 1.165) is 146 Å². The van der Waals surface area contributed by atoms with Crippen LogP contribution in [0.3, 0.4) is 0 Å². The first-order chi connectivity index (χ1) is 34.1. The topological polar surface area (TPSA) is 170 Å². The third kappa shape index (κ3) is 7.23. The standard InChI is InChI=1S/C27H24N6O3.C26H25N7O/c1-31-12-18-16(5-3-7-21(18)29-31)25-17-6-4-8-22(36-2)26(17)33(30-25)15-9-10-23(28-11-15)32-13-19-20(14-32)24(19)27(34)35;1-18-5-3-7-21-25(20-6-4-8-23-22(20)16-30(2)28-23)29-33(26(18)21)19-9-10-24(27-15-19)32-13-11-31(17-34)12-14-32/h3-12,19-20,24H,13-14H2,1-2H3,(H,34,35);3-10,15-17H,11-14H2,1-2H3. The number of piperazine rings is 1. The van der Waals surface area contributed by atoms with E-state index in [0.29, 0.717) is 0 Å². The fourth-order valence-electron chi connectivity index (χ4n) is 10.7. The minimum absolute atomic E-state index is 0.189. The number of carboxylic acids is 1. The smallest absolute Gasteiger partial charge is 0.307 e. The number of hydrogen-bond acceptors (Lipinski definition) is 11. The first kappa shape index (κ1) is 42.7. The van der Waals surface area contributed by atoms with Crippen molar-refractivity contribution in [1.82, 2.24) is 54.0 Å². The number of benzene rings is 4. The molecular formula is C53H49N13O4. The van der Waals surface area contributed by atoms with Gasteiger partial charge in [0.25, 0.3) is 0 Å². The average molecular weight is 932 g/mol. The number of amides is 1. The lowest BCUT2D eigenvalue weighted by Crippen LogP contribution is -2.46. The minimum atomic E-state index is -0.676. The summed E-state index contributed by atoms with van der Waals surface area (Å²) >= 11 is 0. The number of pyridine rings is 2. The monoisotopic (exact) mass is 931 g/mol. The van der Waals surface area contributed by atoms with Crippen LogP contribution >= 0.6 is 0 Å². The van der Waals surface area contributed by atoms with Gasteiger partial charge in [-0.1, -0.05) is 54.6 Å².